The Kier molecular flexibility index (Phi) is 2.65. The van der Waals surface area contributed by atoms with Gasteiger partial charge in [0.1, 0.15) is 24.3 Å². The van der Waals surface area contributed by atoms with Gasteiger partial charge in [0.05, 0.1) is 14.1 Å². The number of nitrogens with two attached hydrogens (primary N) is 1. The van der Waals surface area contributed by atoms with Crippen LogP contribution in [0.25, 0.3) is 11.2 Å². The molecule has 0 aromatic carbocycles. The molecular formula is C10H12BrN5O3. The minimum absolute atomic E-state index is 0.128. The van der Waals surface area contributed by atoms with Gasteiger partial charge in [-0.15, -0.1) is 0 Å². The van der Waals surface area contributed by atoms with Gasteiger partial charge in [0.15, 0.2) is 11.5 Å². The van der Waals surface area contributed by atoms with Crippen molar-refractivity contribution in [2.75, 3.05) is 12.3 Å². The molecule has 1 aliphatic rings. The predicted molar refractivity (Wildman–Crippen MR) is 69.2 cm³/mol. The van der Waals surface area contributed by atoms with Crippen LogP contribution in [-0.2, 0) is 9.37 Å². The van der Waals surface area contributed by atoms with Crippen molar-refractivity contribution in [2.45, 2.75) is 23.3 Å². The van der Waals surface area contributed by atoms with Crippen LogP contribution in [0.15, 0.2) is 12.7 Å². The first kappa shape index (κ1) is 11.5. The van der Waals surface area contributed by atoms with E-state index in [0.29, 0.717) is 11.2 Å². The average Bonchev–Trinajstić information content (AvgIpc) is 2.92. The molecule has 3 rings (SSSR count). The maximum Gasteiger partial charge on any atom is 0.207 e. The molecule has 2 aromatic heterocycles. The van der Waals surface area contributed by atoms with E-state index < -0.39 is 23.4 Å². The lowest BCUT2D eigenvalue weighted by Crippen LogP contribution is -2.28. The largest absolute Gasteiger partial charge is 0.394 e. The van der Waals surface area contributed by atoms with Crippen molar-refractivity contribution in [3.8, 4) is 0 Å². The Morgan fingerprint density at radius 3 is 3.11 bits per heavy atom. The molecule has 9 heteroatoms. The third-order valence-electron chi connectivity index (χ3n) is 3.03. The molecule has 1 fully saturated rings. The Labute approximate surface area is 117 Å². The fraction of sp³-hybridized carbons (Fsp3) is 0.500. The Hall–Kier alpha value is -1.29. The van der Waals surface area contributed by atoms with E-state index in [9.17, 15) is 10.2 Å². The molecule has 2 aromatic rings. The molecule has 0 saturated carbocycles. The smallest absolute Gasteiger partial charge is 0.207 e. The number of fused-ring (bicyclic) bond motifs is 1. The molecule has 0 radical (unpaired) electrons. The van der Waals surface area contributed by atoms with Crippen molar-refractivity contribution in [1.29, 1.82) is 0 Å². The number of hydrogen-bond donors (Lipinski definition) is 3. The molecule has 0 aliphatic carbocycles. The van der Waals surface area contributed by atoms with Crippen molar-refractivity contribution in [3.63, 3.8) is 0 Å². The maximum absolute atomic E-state index is 9.89. The first-order chi connectivity index (χ1) is 9.42. The van der Waals surface area contributed by atoms with Crippen LogP contribution in [0.4, 0.5) is 5.82 Å². The highest BCUT2D eigenvalue weighted by Gasteiger charge is 2.46. The summed E-state index contributed by atoms with van der Waals surface area (Å²) in [6.45, 7) is -1.54. The second kappa shape index (κ2) is 4.37. The van der Waals surface area contributed by atoms with Crippen LogP contribution in [0.1, 0.15) is 7.79 Å². The van der Waals surface area contributed by atoms with E-state index in [1.807, 2.05) is 0 Å². The summed E-state index contributed by atoms with van der Waals surface area (Å²) >= 11 is 3.37. The van der Waals surface area contributed by atoms with E-state index in [0.717, 1.165) is 0 Å². The number of nitrogens with zero attached hydrogens (tertiary/aromatic N) is 4. The zero-order chi connectivity index (χ0) is 14.5. The summed E-state index contributed by atoms with van der Waals surface area (Å²) in [6, 6.07) is 0. The maximum atomic E-state index is 9.89. The Morgan fingerprint density at radius 1 is 1.63 bits per heavy atom. The lowest BCUT2D eigenvalue weighted by Gasteiger charge is -2.23. The van der Waals surface area contributed by atoms with E-state index >= 15 is 0 Å². The van der Waals surface area contributed by atoms with Crippen molar-refractivity contribution in [2.24, 2.45) is 0 Å². The van der Waals surface area contributed by atoms with E-state index in [4.69, 9.17) is 11.8 Å². The van der Waals surface area contributed by atoms with Gasteiger partial charge in [-0.25, -0.2) is 15.0 Å². The van der Waals surface area contributed by atoms with Crippen LogP contribution in [0.5, 0.6) is 0 Å². The standard InChI is InChI=1S/C10H12BrN5O3/c11-10(1-5(18)6(2-17)19-10)16-4-15-7-8(12)13-3-14-9(7)16/h3-6,17-18H,1-2H2,(H2,12,13,14)/t5-,6+,10-/m0/s1/i2D/t2?,5-,6+,10-. The van der Waals surface area contributed by atoms with Crippen LogP contribution in [0.3, 0.4) is 0 Å². The van der Waals surface area contributed by atoms with Gasteiger partial charge in [-0.3, -0.25) is 4.57 Å². The van der Waals surface area contributed by atoms with E-state index in [2.05, 4.69) is 30.9 Å². The average molecular weight is 331 g/mol. The summed E-state index contributed by atoms with van der Waals surface area (Å²) in [4.78, 5) is 12.1. The number of ether oxygens (including phenoxy) is 1. The molecule has 19 heavy (non-hydrogen) atoms. The van der Waals surface area contributed by atoms with Crippen molar-refractivity contribution < 1.29 is 16.3 Å². The monoisotopic (exact) mass is 330 g/mol. The van der Waals surface area contributed by atoms with Gasteiger partial charge in [0.2, 0.25) is 4.63 Å². The molecule has 1 unspecified atom stereocenters. The molecular weight excluding hydrogens is 318 g/mol. The number of nitrogen functional groups attached to an aromatic ring is 1. The first-order valence-electron chi connectivity index (χ1n) is 6.09. The van der Waals surface area contributed by atoms with Gasteiger partial charge in [-0.2, -0.15) is 0 Å². The number of alkyl halides is 1. The molecule has 3 heterocycles. The lowest BCUT2D eigenvalue weighted by molar-refractivity contribution is -0.0576. The molecule has 0 amide bonds. The molecule has 0 bridgehead atoms. The second-order valence-corrected chi connectivity index (χ2v) is 5.48. The molecule has 102 valence electrons. The number of imidazole rings is 1. The molecule has 0 spiro atoms. The van der Waals surface area contributed by atoms with Gasteiger partial charge >= 0.3 is 0 Å². The summed E-state index contributed by atoms with van der Waals surface area (Å²) < 4.78 is 13.3. The lowest BCUT2D eigenvalue weighted by atomic mass is 10.2. The summed E-state index contributed by atoms with van der Waals surface area (Å²) in [5.41, 5.74) is 6.56. The molecule has 4 atom stereocenters. The number of anilines is 1. The Morgan fingerprint density at radius 2 is 2.42 bits per heavy atom. The highest BCUT2D eigenvalue weighted by atomic mass is 79.9. The van der Waals surface area contributed by atoms with Crippen LogP contribution in [0, 0.1) is 0 Å². The molecule has 1 aliphatic heterocycles. The number of aliphatic hydroxyl groups is 2. The van der Waals surface area contributed by atoms with Gasteiger partial charge < -0.3 is 20.7 Å². The SMILES string of the molecule is [2H]C(O)[C@H]1O[C@@](Br)(n2cnc3c(N)ncnc32)C[C@@H]1O. The zero-order valence-electron chi connectivity index (χ0n) is 10.6. The zero-order valence-corrected chi connectivity index (χ0v) is 11.2. The minimum Gasteiger partial charge on any atom is -0.394 e. The van der Waals surface area contributed by atoms with Gasteiger partial charge in [0.25, 0.3) is 0 Å². The Balaban J connectivity index is 2.05. The quantitative estimate of drug-likeness (QED) is 0.638. The van der Waals surface area contributed by atoms with E-state index in [1.54, 1.807) is 4.57 Å². The van der Waals surface area contributed by atoms with Crippen molar-refractivity contribution in [3.05, 3.63) is 12.7 Å². The third-order valence-corrected chi connectivity index (χ3v) is 3.92. The molecule has 1 saturated heterocycles. The fourth-order valence-electron chi connectivity index (χ4n) is 2.09. The number of aromatic nitrogens is 4. The van der Waals surface area contributed by atoms with Gasteiger partial charge in [-0.05, 0) is 15.9 Å². The topological polar surface area (TPSA) is 119 Å². The first-order valence-corrected chi connectivity index (χ1v) is 6.31. The predicted octanol–water partition coefficient (Wildman–Crippen LogP) is -0.444. The highest BCUT2D eigenvalue weighted by Crippen LogP contribution is 2.41. The van der Waals surface area contributed by atoms with Gasteiger partial charge in [-0.1, -0.05) is 0 Å². The summed E-state index contributed by atoms with van der Waals surface area (Å²) in [6.07, 6.45) is 0.872. The minimum atomic E-state index is -1.54. The molecule has 8 nitrogen and oxygen atoms in total. The van der Waals surface area contributed by atoms with E-state index in [-0.39, 0.29) is 12.2 Å². The van der Waals surface area contributed by atoms with Crippen molar-refractivity contribution >= 4 is 32.9 Å². The fourth-order valence-corrected chi connectivity index (χ4v) is 2.90. The number of halogens is 1. The van der Waals surface area contributed by atoms with Crippen LogP contribution in [-0.4, -0.2) is 48.5 Å². The Bertz CT molecular complexity index is 653. The van der Waals surface area contributed by atoms with Gasteiger partial charge in [0, 0.05) is 6.42 Å². The second-order valence-electron chi connectivity index (χ2n) is 4.24. The summed E-state index contributed by atoms with van der Waals surface area (Å²) in [7, 11) is 0. The number of aliphatic hydroxyl groups excluding tert-OH is 2. The van der Waals surface area contributed by atoms with Crippen molar-refractivity contribution in [1.82, 2.24) is 19.5 Å². The number of hydrogen-bond acceptors (Lipinski definition) is 7. The summed E-state index contributed by atoms with van der Waals surface area (Å²) in [5.74, 6) is 0.237. The third kappa shape index (κ3) is 1.89. The normalized spacial score (nSPS) is 33.5. The van der Waals surface area contributed by atoms with Crippen LogP contribution >= 0.6 is 15.9 Å². The van der Waals surface area contributed by atoms with Crippen LogP contribution < -0.4 is 5.73 Å². The van der Waals surface area contributed by atoms with Crippen LogP contribution in [0.2, 0.25) is 0 Å². The molecule has 4 N–H and O–H groups in total. The number of rotatable bonds is 2. The highest BCUT2D eigenvalue weighted by molar-refractivity contribution is 9.09. The van der Waals surface area contributed by atoms with E-state index in [1.165, 1.54) is 12.7 Å². The summed E-state index contributed by atoms with van der Waals surface area (Å²) in [5, 5.41) is 19.2.